The molecule has 0 radical (unpaired) electrons. The average molecular weight is 440 g/mol. The quantitative estimate of drug-likeness (QED) is 0.415. The molecule has 0 saturated carbocycles. The highest BCUT2D eigenvalue weighted by atomic mass is 32.1. The van der Waals surface area contributed by atoms with E-state index in [2.05, 4.69) is 15.2 Å². The van der Waals surface area contributed by atoms with Gasteiger partial charge in [0.05, 0.1) is 35.4 Å². The summed E-state index contributed by atoms with van der Waals surface area (Å²) in [6.07, 6.45) is 1.83. The van der Waals surface area contributed by atoms with Crippen molar-refractivity contribution in [1.82, 2.24) is 4.98 Å². The van der Waals surface area contributed by atoms with Crippen LogP contribution in [0.3, 0.4) is 0 Å². The van der Waals surface area contributed by atoms with Crippen LogP contribution < -0.4 is 15.0 Å². The Labute approximate surface area is 185 Å². The first kappa shape index (κ1) is 21.1. The summed E-state index contributed by atoms with van der Waals surface area (Å²) in [5.74, 6) is 0.343. The highest BCUT2D eigenvalue weighted by molar-refractivity contribution is 7.22. The molecule has 162 valence electrons. The predicted octanol–water partition coefficient (Wildman–Crippen LogP) is 4.34. The van der Waals surface area contributed by atoms with E-state index in [1.165, 1.54) is 0 Å². The number of carbonyl (C=O) groups excluding carboxylic acids is 2. The largest absolute Gasteiger partial charge is 0.497 e. The number of aromatic nitrogens is 1. The Morgan fingerprint density at radius 1 is 1.19 bits per heavy atom. The molecule has 0 unspecified atom stereocenters. The zero-order valence-corrected chi connectivity index (χ0v) is 18.4. The van der Waals surface area contributed by atoms with Crippen LogP contribution in [0, 0.1) is 5.92 Å². The van der Waals surface area contributed by atoms with Crippen LogP contribution in [0.4, 0.5) is 10.8 Å². The summed E-state index contributed by atoms with van der Waals surface area (Å²) in [6, 6.07) is 12.6. The molecule has 1 aromatic heterocycles. The fourth-order valence-electron chi connectivity index (χ4n) is 3.28. The second kappa shape index (κ2) is 9.34. The van der Waals surface area contributed by atoms with Crippen molar-refractivity contribution < 1.29 is 19.1 Å². The number of methoxy groups -OCH3 is 1. The third-order valence-electron chi connectivity index (χ3n) is 5.23. The molecule has 1 N–H and O–H groups in total. The number of anilines is 2. The number of thiazole rings is 1. The fourth-order valence-corrected chi connectivity index (χ4v) is 4.29. The van der Waals surface area contributed by atoms with Gasteiger partial charge in [0.25, 0.3) is 0 Å². The molecule has 0 atom stereocenters. The van der Waals surface area contributed by atoms with Crippen molar-refractivity contribution in [3.8, 4) is 5.75 Å². The maximum absolute atomic E-state index is 12.6. The van der Waals surface area contributed by atoms with E-state index in [4.69, 9.17) is 9.47 Å². The maximum atomic E-state index is 12.6. The summed E-state index contributed by atoms with van der Waals surface area (Å²) in [4.78, 5) is 31.3. The maximum Gasteiger partial charge on any atom is 0.338 e. The number of esters is 1. The lowest BCUT2D eigenvalue weighted by Gasteiger charge is -2.37. The lowest BCUT2D eigenvalue weighted by molar-refractivity contribution is -0.120. The van der Waals surface area contributed by atoms with Gasteiger partial charge in [0.1, 0.15) is 5.75 Å². The minimum atomic E-state index is -0.339. The molecule has 0 aliphatic carbocycles. The minimum Gasteiger partial charge on any atom is -0.497 e. The number of fused-ring (bicyclic) bond motifs is 1. The number of nitrogens with one attached hydrogen (secondary N) is 1. The van der Waals surface area contributed by atoms with E-state index < -0.39 is 0 Å². The van der Waals surface area contributed by atoms with Crippen LogP contribution in [0.15, 0.2) is 42.5 Å². The number of hydrogen-bond acceptors (Lipinski definition) is 7. The number of benzene rings is 2. The van der Waals surface area contributed by atoms with E-state index >= 15 is 0 Å². The van der Waals surface area contributed by atoms with Gasteiger partial charge in [-0.2, -0.15) is 0 Å². The number of ether oxygens (including phenoxy) is 2. The molecular formula is C23H25N3O4S. The lowest BCUT2D eigenvalue weighted by Crippen LogP contribution is -2.52. The smallest absolute Gasteiger partial charge is 0.338 e. The third-order valence-corrected chi connectivity index (χ3v) is 6.31. The van der Waals surface area contributed by atoms with E-state index in [9.17, 15) is 9.59 Å². The fraction of sp³-hybridized carbons (Fsp3) is 0.348. The number of carbonyl (C=O) groups is 2. The summed E-state index contributed by atoms with van der Waals surface area (Å²) in [5, 5.41) is 3.84. The molecule has 1 aliphatic heterocycles. The number of rotatable bonds is 8. The Bertz CT molecular complexity index is 1070. The van der Waals surface area contributed by atoms with Gasteiger partial charge in [0.2, 0.25) is 5.91 Å². The normalized spacial score (nSPS) is 13.7. The van der Waals surface area contributed by atoms with E-state index in [0.29, 0.717) is 30.9 Å². The first-order valence-electron chi connectivity index (χ1n) is 10.3. The topological polar surface area (TPSA) is 80.8 Å². The van der Waals surface area contributed by atoms with Gasteiger partial charge in [-0.25, -0.2) is 9.78 Å². The van der Waals surface area contributed by atoms with E-state index in [1.54, 1.807) is 42.7 Å². The van der Waals surface area contributed by atoms with Gasteiger partial charge in [0, 0.05) is 18.8 Å². The summed E-state index contributed by atoms with van der Waals surface area (Å²) < 4.78 is 11.5. The van der Waals surface area contributed by atoms with Crippen molar-refractivity contribution in [3.05, 3.63) is 48.0 Å². The van der Waals surface area contributed by atoms with E-state index in [1.807, 2.05) is 25.1 Å². The number of amides is 1. The Morgan fingerprint density at radius 2 is 1.97 bits per heavy atom. The monoisotopic (exact) mass is 439 g/mol. The van der Waals surface area contributed by atoms with Crippen molar-refractivity contribution >= 4 is 44.2 Å². The number of unbranched alkanes of at least 4 members (excludes halogenated alkanes) is 1. The zero-order valence-electron chi connectivity index (χ0n) is 17.6. The number of nitrogens with zero attached hydrogens (tertiary/aromatic N) is 2. The van der Waals surface area contributed by atoms with Crippen LogP contribution >= 0.6 is 11.3 Å². The molecule has 4 rings (SSSR count). The van der Waals surface area contributed by atoms with Crippen molar-refractivity contribution in [2.75, 3.05) is 37.0 Å². The van der Waals surface area contributed by atoms with Gasteiger partial charge in [-0.1, -0.05) is 24.7 Å². The highest BCUT2D eigenvalue weighted by Gasteiger charge is 2.34. The lowest BCUT2D eigenvalue weighted by atomic mass is 10.00. The molecule has 2 heterocycles. The minimum absolute atomic E-state index is 0.0303. The van der Waals surface area contributed by atoms with E-state index in [-0.39, 0.29) is 17.8 Å². The molecule has 2 aromatic carbocycles. The first-order chi connectivity index (χ1) is 15.1. The summed E-state index contributed by atoms with van der Waals surface area (Å²) >= 11 is 1.60. The second-order valence-corrected chi connectivity index (χ2v) is 8.50. The molecule has 0 spiro atoms. The van der Waals surface area contributed by atoms with Gasteiger partial charge in [-0.3, -0.25) is 4.79 Å². The van der Waals surface area contributed by atoms with Crippen LogP contribution in [0.2, 0.25) is 0 Å². The molecule has 1 saturated heterocycles. The van der Waals surface area contributed by atoms with Crippen molar-refractivity contribution in [2.45, 2.75) is 19.8 Å². The van der Waals surface area contributed by atoms with E-state index in [0.717, 1.165) is 33.9 Å². The zero-order chi connectivity index (χ0) is 21.8. The Balaban J connectivity index is 1.29. The van der Waals surface area contributed by atoms with Gasteiger partial charge in [0.15, 0.2) is 5.13 Å². The molecule has 8 heteroatoms. The van der Waals surface area contributed by atoms with Crippen LogP contribution in [-0.4, -0.2) is 43.7 Å². The van der Waals surface area contributed by atoms with Gasteiger partial charge < -0.3 is 19.7 Å². The molecule has 31 heavy (non-hydrogen) atoms. The standard InChI is InChI=1S/C23H25N3O4S/c1-3-4-11-30-22(28)15-5-7-17(8-6-15)24-21(27)16-13-26(14-16)23-25-19-10-9-18(29-2)12-20(19)31-23/h5-10,12,16H,3-4,11,13-14H2,1-2H3,(H,24,27). The van der Waals surface area contributed by atoms with Crippen molar-refractivity contribution in [3.63, 3.8) is 0 Å². The third kappa shape index (κ3) is 4.80. The molecule has 1 amide bonds. The Hall–Kier alpha value is -3.13. The van der Waals surface area contributed by atoms with Crippen molar-refractivity contribution in [1.29, 1.82) is 0 Å². The van der Waals surface area contributed by atoms with Crippen LogP contribution in [-0.2, 0) is 9.53 Å². The SMILES string of the molecule is CCCCOC(=O)c1ccc(NC(=O)C2CN(c3nc4ccc(OC)cc4s3)C2)cc1. The van der Waals surface area contributed by atoms with Crippen LogP contribution in [0.5, 0.6) is 5.75 Å². The van der Waals surface area contributed by atoms with Gasteiger partial charge in [-0.05, 0) is 48.9 Å². The summed E-state index contributed by atoms with van der Waals surface area (Å²) in [5.41, 5.74) is 2.08. The van der Waals surface area contributed by atoms with Gasteiger partial charge in [-0.15, -0.1) is 0 Å². The van der Waals surface area contributed by atoms with Crippen molar-refractivity contribution in [2.24, 2.45) is 5.92 Å². The molecule has 1 aliphatic rings. The highest BCUT2D eigenvalue weighted by Crippen LogP contribution is 2.34. The predicted molar refractivity (Wildman–Crippen MR) is 122 cm³/mol. The van der Waals surface area contributed by atoms with Gasteiger partial charge >= 0.3 is 5.97 Å². The Kier molecular flexibility index (Phi) is 6.36. The molecule has 1 fully saturated rings. The van der Waals surface area contributed by atoms with Crippen LogP contribution in [0.25, 0.3) is 10.2 Å². The summed E-state index contributed by atoms with van der Waals surface area (Å²) in [6.45, 7) is 3.73. The average Bonchev–Trinajstić information content (AvgIpc) is 3.15. The number of hydrogen-bond donors (Lipinski definition) is 1. The molecular weight excluding hydrogens is 414 g/mol. The molecule has 7 nitrogen and oxygen atoms in total. The molecule has 0 bridgehead atoms. The van der Waals surface area contributed by atoms with Crippen LogP contribution in [0.1, 0.15) is 30.1 Å². The summed E-state index contributed by atoms with van der Waals surface area (Å²) in [7, 11) is 1.65. The second-order valence-electron chi connectivity index (χ2n) is 7.49. The molecule has 3 aromatic rings. The first-order valence-corrected chi connectivity index (χ1v) is 11.2. The Morgan fingerprint density at radius 3 is 2.68 bits per heavy atom.